The Balaban J connectivity index is 0.000000431. The van der Waals surface area contributed by atoms with Gasteiger partial charge in [0.2, 0.25) is 5.91 Å². The predicted molar refractivity (Wildman–Crippen MR) is 129 cm³/mol. The number of piperidine rings is 1. The van der Waals surface area contributed by atoms with Gasteiger partial charge in [-0.15, -0.1) is 0 Å². The first kappa shape index (κ1) is 24.9. The van der Waals surface area contributed by atoms with E-state index in [2.05, 4.69) is 70.9 Å². The summed E-state index contributed by atoms with van der Waals surface area (Å²) in [6.07, 6.45) is 3.68. The zero-order chi connectivity index (χ0) is 24.9. The van der Waals surface area contributed by atoms with E-state index in [9.17, 15) is 9.90 Å². The van der Waals surface area contributed by atoms with Crippen molar-refractivity contribution < 1.29 is 29.7 Å². The smallest absolute Gasteiger partial charge is 0.414 e. The molecule has 0 aromatic heterocycles. The Morgan fingerprint density at radius 1 is 0.800 bits per heavy atom. The van der Waals surface area contributed by atoms with Crippen LogP contribution in [-0.2, 0) is 14.4 Å². The second kappa shape index (κ2) is 11.0. The summed E-state index contributed by atoms with van der Waals surface area (Å²) in [6, 6.07) is 22.1. The van der Waals surface area contributed by atoms with E-state index in [1.807, 2.05) is 0 Å². The second-order valence-corrected chi connectivity index (χ2v) is 9.63. The summed E-state index contributed by atoms with van der Waals surface area (Å²) >= 11 is 0. The topological polar surface area (TPSA) is 127 Å². The number of rotatable bonds is 6. The molecule has 2 bridgehead atoms. The normalized spacial score (nSPS) is 28.9. The molecule has 2 aliphatic heterocycles. The molecular weight excluding hydrogens is 448 g/mol. The predicted octanol–water partition coefficient (Wildman–Crippen LogP) is 2.44. The van der Waals surface area contributed by atoms with Gasteiger partial charge in [0.25, 0.3) is 0 Å². The molecular formula is C27H32N2O6. The van der Waals surface area contributed by atoms with Crippen LogP contribution in [0.25, 0.3) is 0 Å². The van der Waals surface area contributed by atoms with E-state index in [1.165, 1.54) is 11.1 Å². The molecule has 8 nitrogen and oxygen atoms in total. The number of nitrogens with zero attached hydrogens (tertiary/aromatic N) is 1. The average molecular weight is 481 g/mol. The SMILES string of the molecule is O=C(CN1C2CCC1CC(O)C2)NCC1C(c2ccccc2)C1c1ccccc1.O=C(O)C(=O)O. The first-order valence-corrected chi connectivity index (χ1v) is 12.1. The monoisotopic (exact) mass is 480 g/mol. The van der Waals surface area contributed by atoms with Gasteiger partial charge in [-0.3, -0.25) is 9.69 Å². The minimum Gasteiger partial charge on any atom is -0.473 e. The fraction of sp³-hybridized carbons (Fsp3) is 0.444. The molecule has 4 atom stereocenters. The number of aliphatic hydroxyl groups excluding tert-OH is 1. The molecule has 2 saturated heterocycles. The number of hydrogen-bond donors (Lipinski definition) is 4. The molecule has 3 fully saturated rings. The zero-order valence-corrected chi connectivity index (χ0v) is 19.5. The van der Waals surface area contributed by atoms with Crippen molar-refractivity contribution in [3.63, 3.8) is 0 Å². The molecule has 4 unspecified atom stereocenters. The standard InChI is InChI=1S/C25H30N2O2.C2H2O4/c28-21-13-19-11-12-20(14-21)27(19)16-23(29)26-15-22-24(17-7-3-1-4-8-17)25(22)18-9-5-2-6-10-18;3-1(4)2(5)6/h1-10,19-22,24-25,28H,11-16H2,(H,26,29);(H,3,4)(H,5,6). The van der Waals surface area contributed by atoms with Crippen molar-refractivity contribution in [3.8, 4) is 0 Å². The lowest BCUT2D eigenvalue weighted by molar-refractivity contribution is -0.159. The fourth-order valence-electron chi connectivity index (χ4n) is 5.84. The highest BCUT2D eigenvalue weighted by Crippen LogP contribution is 2.60. The number of benzene rings is 2. The summed E-state index contributed by atoms with van der Waals surface area (Å²) < 4.78 is 0. The lowest BCUT2D eigenvalue weighted by Gasteiger charge is -2.36. The van der Waals surface area contributed by atoms with Gasteiger partial charge >= 0.3 is 11.9 Å². The molecule has 2 heterocycles. The summed E-state index contributed by atoms with van der Waals surface area (Å²) in [4.78, 5) is 33.2. The number of carboxylic acids is 2. The second-order valence-electron chi connectivity index (χ2n) is 9.63. The Kier molecular flexibility index (Phi) is 7.83. The number of carbonyl (C=O) groups excluding carboxylic acids is 1. The van der Waals surface area contributed by atoms with Gasteiger partial charge in [-0.25, -0.2) is 9.59 Å². The third kappa shape index (κ3) is 6.07. The maximum Gasteiger partial charge on any atom is 0.414 e. The molecule has 2 aromatic rings. The van der Waals surface area contributed by atoms with E-state index >= 15 is 0 Å². The van der Waals surface area contributed by atoms with Crippen LogP contribution in [0.5, 0.6) is 0 Å². The molecule has 1 amide bonds. The Hall–Kier alpha value is -3.23. The zero-order valence-electron chi connectivity index (χ0n) is 19.5. The maximum absolute atomic E-state index is 12.7. The van der Waals surface area contributed by atoms with E-state index in [1.54, 1.807) is 0 Å². The van der Waals surface area contributed by atoms with E-state index < -0.39 is 11.9 Å². The van der Waals surface area contributed by atoms with Gasteiger partial charge in [0.1, 0.15) is 0 Å². The van der Waals surface area contributed by atoms with Crippen LogP contribution in [0, 0.1) is 5.92 Å². The number of carboxylic acid groups (broad SMARTS) is 2. The third-order valence-corrected chi connectivity index (χ3v) is 7.44. The van der Waals surface area contributed by atoms with Crippen LogP contribution in [0.4, 0.5) is 0 Å². The molecule has 1 aliphatic carbocycles. The van der Waals surface area contributed by atoms with Crippen LogP contribution >= 0.6 is 0 Å². The van der Waals surface area contributed by atoms with Crippen LogP contribution in [0.2, 0.25) is 0 Å². The van der Waals surface area contributed by atoms with Crippen LogP contribution < -0.4 is 5.32 Å². The van der Waals surface area contributed by atoms with Crippen LogP contribution in [0.3, 0.4) is 0 Å². The van der Waals surface area contributed by atoms with Crippen molar-refractivity contribution in [1.82, 2.24) is 10.2 Å². The average Bonchev–Trinajstić information content (AvgIpc) is 3.53. The number of carbonyl (C=O) groups is 3. The van der Waals surface area contributed by atoms with Crippen molar-refractivity contribution in [2.45, 2.75) is 55.7 Å². The van der Waals surface area contributed by atoms with Crippen LogP contribution in [0.1, 0.15) is 48.6 Å². The number of amides is 1. The fourth-order valence-corrected chi connectivity index (χ4v) is 5.84. The van der Waals surface area contributed by atoms with Crippen molar-refractivity contribution >= 4 is 17.8 Å². The van der Waals surface area contributed by atoms with Crippen molar-refractivity contribution in [2.75, 3.05) is 13.1 Å². The Morgan fingerprint density at radius 3 is 1.69 bits per heavy atom. The van der Waals surface area contributed by atoms with E-state index in [4.69, 9.17) is 19.8 Å². The molecule has 5 rings (SSSR count). The summed E-state index contributed by atoms with van der Waals surface area (Å²) in [5, 5.41) is 28.0. The molecule has 0 radical (unpaired) electrons. The first-order chi connectivity index (χ1) is 16.8. The van der Waals surface area contributed by atoms with Gasteiger partial charge in [0, 0.05) is 18.6 Å². The quantitative estimate of drug-likeness (QED) is 0.468. The number of fused-ring (bicyclic) bond motifs is 2. The Morgan fingerprint density at radius 2 is 1.26 bits per heavy atom. The molecule has 4 N–H and O–H groups in total. The van der Waals surface area contributed by atoms with E-state index in [0.29, 0.717) is 36.4 Å². The van der Waals surface area contributed by atoms with Crippen LogP contribution in [-0.4, -0.2) is 69.3 Å². The highest BCUT2D eigenvalue weighted by atomic mass is 16.4. The van der Waals surface area contributed by atoms with Crippen molar-refractivity contribution in [1.29, 1.82) is 0 Å². The number of aliphatic hydroxyl groups is 1. The lowest BCUT2D eigenvalue weighted by atomic mass is 10.00. The van der Waals surface area contributed by atoms with Gasteiger partial charge < -0.3 is 20.6 Å². The Bertz CT molecular complexity index is 959. The summed E-state index contributed by atoms with van der Waals surface area (Å²) in [6.45, 7) is 1.20. The van der Waals surface area contributed by atoms with Gasteiger partial charge in [0.15, 0.2) is 0 Å². The highest BCUT2D eigenvalue weighted by Gasteiger charge is 2.51. The maximum atomic E-state index is 12.7. The van der Waals surface area contributed by atoms with E-state index in [0.717, 1.165) is 32.2 Å². The molecule has 0 spiro atoms. The number of hydrogen-bond acceptors (Lipinski definition) is 5. The van der Waals surface area contributed by atoms with Crippen molar-refractivity contribution in [2.24, 2.45) is 5.92 Å². The summed E-state index contributed by atoms with van der Waals surface area (Å²) in [7, 11) is 0. The van der Waals surface area contributed by atoms with Gasteiger partial charge in [-0.1, -0.05) is 60.7 Å². The highest BCUT2D eigenvalue weighted by molar-refractivity contribution is 6.27. The van der Waals surface area contributed by atoms with Crippen molar-refractivity contribution in [3.05, 3.63) is 71.8 Å². The van der Waals surface area contributed by atoms with Gasteiger partial charge in [-0.05, 0) is 54.6 Å². The minimum absolute atomic E-state index is 0.129. The summed E-state index contributed by atoms with van der Waals surface area (Å²) in [5.41, 5.74) is 2.73. The first-order valence-electron chi connectivity index (χ1n) is 12.1. The third-order valence-electron chi connectivity index (χ3n) is 7.44. The minimum atomic E-state index is -1.82. The van der Waals surface area contributed by atoms with Gasteiger partial charge in [0.05, 0.1) is 12.6 Å². The van der Waals surface area contributed by atoms with Crippen LogP contribution in [0.15, 0.2) is 60.7 Å². The molecule has 35 heavy (non-hydrogen) atoms. The number of aliphatic carboxylic acids is 2. The summed E-state index contributed by atoms with van der Waals surface area (Å²) in [5.74, 6) is -2.13. The molecule has 186 valence electrons. The molecule has 2 aromatic carbocycles. The van der Waals surface area contributed by atoms with E-state index in [-0.39, 0.29) is 12.0 Å². The number of nitrogens with one attached hydrogen (secondary N) is 1. The lowest BCUT2D eigenvalue weighted by Crippen LogP contribution is -2.49. The molecule has 3 aliphatic rings. The largest absolute Gasteiger partial charge is 0.473 e. The molecule has 8 heteroatoms. The molecule has 1 saturated carbocycles. The van der Waals surface area contributed by atoms with Gasteiger partial charge in [-0.2, -0.15) is 0 Å². The Labute approximate surface area is 204 Å².